The molecule has 4 rings (SSSR count). The Bertz CT molecular complexity index is 1160. The fourth-order valence-corrected chi connectivity index (χ4v) is 4.86. The second-order valence-electron chi connectivity index (χ2n) is 8.80. The van der Waals surface area contributed by atoms with E-state index in [2.05, 4.69) is 10.3 Å². The van der Waals surface area contributed by atoms with Crippen LogP contribution < -0.4 is 10.2 Å². The monoisotopic (exact) mass is 466 g/mol. The van der Waals surface area contributed by atoms with Crippen LogP contribution in [-0.4, -0.2) is 34.4 Å². The first kappa shape index (κ1) is 22.6. The minimum Gasteiger partial charge on any atom is -0.356 e. The van der Waals surface area contributed by atoms with Crippen molar-refractivity contribution in [1.82, 2.24) is 4.98 Å². The number of carbonyl (C=O) groups excluding carboxylic acids is 1. The molecule has 1 saturated heterocycles. The lowest BCUT2D eigenvalue weighted by Gasteiger charge is -2.34. The lowest BCUT2D eigenvalue weighted by molar-refractivity contribution is -0.138. The maximum atomic E-state index is 13.5. The van der Waals surface area contributed by atoms with Gasteiger partial charge in [-0.25, -0.2) is 14.0 Å². The van der Waals surface area contributed by atoms with E-state index in [0.717, 1.165) is 18.9 Å². The van der Waals surface area contributed by atoms with E-state index >= 15 is 0 Å². The van der Waals surface area contributed by atoms with Gasteiger partial charge in [0.1, 0.15) is 5.82 Å². The van der Waals surface area contributed by atoms with E-state index in [4.69, 9.17) is 4.78 Å². The first-order valence-corrected chi connectivity index (χ1v) is 12.3. The van der Waals surface area contributed by atoms with E-state index in [9.17, 15) is 22.2 Å². The Balaban J connectivity index is 1.69. The van der Waals surface area contributed by atoms with Gasteiger partial charge in [-0.15, -0.1) is 0 Å². The third-order valence-corrected chi connectivity index (χ3v) is 7.52. The van der Waals surface area contributed by atoms with E-state index in [1.54, 1.807) is 0 Å². The molecular weight excluding hydrogens is 441 g/mol. The van der Waals surface area contributed by atoms with Crippen LogP contribution in [-0.2, 0) is 15.9 Å². The lowest BCUT2D eigenvalue weighted by atomic mass is 9.93. The van der Waals surface area contributed by atoms with Gasteiger partial charge in [0.25, 0.3) is 5.91 Å². The number of carbonyl (C=O) groups is 1. The van der Waals surface area contributed by atoms with Crippen LogP contribution in [0.25, 0.3) is 0 Å². The predicted molar refractivity (Wildman–Crippen MR) is 117 cm³/mol. The molecule has 1 amide bonds. The Labute approximate surface area is 185 Å². The maximum absolute atomic E-state index is 13.5. The summed E-state index contributed by atoms with van der Waals surface area (Å²) < 4.78 is 60.4. The number of pyridine rings is 1. The summed E-state index contributed by atoms with van der Waals surface area (Å²) >= 11 is 0. The second kappa shape index (κ2) is 7.75. The zero-order valence-electron chi connectivity index (χ0n) is 17.9. The van der Waals surface area contributed by atoms with Crippen molar-refractivity contribution in [2.75, 3.05) is 29.6 Å². The molecule has 2 aromatic rings. The molecule has 2 fully saturated rings. The summed E-state index contributed by atoms with van der Waals surface area (Å²) in [5, 5.41) is 2.60. The van der Waals surface area contributed by atoms with Crippen molar-refractivity contribution in [3.8, 4) is 0 Å². The third-order valence-electron chi connectivity index (χ3n) is 6.37. The van der Waals surface area contributed by atoms with Gasteiger partial charge in [-0.05, 0) is 62.3 Å². The Morgan fingerprint density at radius 1 is 1.19 bits per heavy atom. The first-order chi connectivity index (χ1) is 14.9. The van der Waals surface area contributed by atoms with Crippen molar-refractivity contribution in [2.24, 2.45) is 5.41 Å². The zero-order valence-corrected chi connectivity index (χ0v) is 18.7. The van der Waals surface area contributed by atoms with Crippen LogP contribution in [0.15, 0.2) is 35.2 Å². The molecule has 1 unspecified atom stereocenters. The summed E-state index contributed by atoms with van der Waals surface area (Å²) in [5.41, 5.74) is -0.645. The van der Waals surface area contributed by atoms with Gasteiger partial charge in [0.2, 0.25) is 0 Å². The van der Waals surface area contributed by atoms with Crippen molar-refractivity contribution in [3.63, 3.8) is 0 Å². The number of benzene rings is 1. The number of rotatable bonds is 4. The minimum absolute atomic E-state index is 0.150. The molecular formula is C22H25F3N4O2S. The number of alkyl halides is 3. The Hall–Kier alpha value is -2.62. The molecule has 2 aliphatic rings. The molecule has 1 aliphatic heterocycles. The van der Waals surface area contributed by atoms with Gasteiger partial charge in [-0.2, -0.15) is 13.2 Å². The SMILES string of the molecule is Cc1nc(N2CCC3(CC2)CC3)c(C(=O)Nc2cccc(S(C)(=N)=O)c2)cc1C(F)(F)F. The number of nitrogens with one attached hydrogen (secondary N) is 2. The van der Waals surface area contributed by atoms with E-state index in [0.29, 0.717) is 18.5 Å². The summed E-state index contributed by atoms with van der Waals surface area (Å²) in [5.74, 6) is -0.478. The number of aromatic nitrogens is 1. The molecule has 2 N–H and O–H groups in total. The highest BCUT2D eigenvalue weighted by Gasteiger charge is 2.45. The molecule has 1 aromatic carbocycles. The van der Waals surface area contributed by atoms with Gasteiger partial charge < -0.3 is 10.2 Å². The van der Waals surface area contributed by atoms with Gasteiger partial charge in [0.05, 0.1) is 26.5 Å². The normalized spacial score (nSPS) is 19.5. The average Bonchev–Trinajstić information content (AvgIpc) is 3.45. The number of anilines is 2. The molecule has 1 saturated carbocycles. The van der Waals surface area contributed by atoms with Crippen LogP contribution in [0.3, 0.4) is 0 Å². The molecule has 1 aliphatic carbocycles. The van der Waals surface area contributed by atoms with Gasteiger partial charge in [-0.1, -0.05) is 6.07 Å². The second-order valence-corrected chi connectivity index (χ2v) is 11.0. The predicted octanol–water partition coefficient (Wildman–Crippen LogP) is 5.08. The van der Waals surface area contributed by atoms with Crippen LogP contribution in [0, 0.1) is 17.1 Å². The summed E-state index contributed by atoms with van der Waals surface area (Å²) in [4.78, 5) is 19.4. The van der Waals surface area contributed by atoms with Gasteiger partial charge >= 0.3 is 6.18 Å². The van der Waals surface area contributed by atoms with Crippen molar-refractivity contribution in [1.29, 1.82) is 4.78 Å². The Morgan fingerprint density at radius 2 is 1.84 bits per heavy atom. The topological polar surface area (TPSA) is 86.2 Å². The van der Waals surface area contributed by atoms with Gasteiger partial charge in [0.15, 0.2) is 0 Å². The highest BCUT2D eigenvalue weighted by molar-refractivity contribution is 7.91. The van der Waals surface area contributed by atoms with Crippen LogP contribution in [0.5, 0.6) is 0 Å². The number of hydrogen-bond donors (Lipinski definition) is 2. The zero-order chi connectivity index (χ0) is 23.3. The molecule has 10 heteroatoms. The molecule has 0 bridgehead atoms. The third kappa shape index (κ3) is 4.60. The number of amides is 1. The fourth-order valence-electron chi connectivity index (χ4n) is 4.17. The number of hydrogen-bond acceptors (Lipinski definition) is 5. The van der Waals surface area contributed by atoms with Crippen LogP contribution in [0.2, 0.25) is 0 Å². The van der Waals surface area contributed by atoms with E-state index < -0.39 is 27.4 Å². The summed E-state index contributed by atoms with van der Waals surface area (Å²) in [6.07, 6.45) is 0.859. The van der Waals surface area contributed by atoms with Crippen LogP contribution in [0.1, 0.15) is 47.3 Å². The summed E-state index contributed by atoms with van der Waals surface area (Å²) in [6.45, 7) is 2.59. The molecule has 1 aromatic heterocycles. The molecule has 1 atom stereocenters. The lowest BCUT2D eigenvalue weighted by Crippen LogP contribution is -2.36. The van der Waals surface area contributed by atoms with Crippen LogP contribution in [0.4, 0.5) is 24.7 Å². The van der Waals surface area contributed by atoms with Crippen LogP contribution >= 0.6 is 0 Å². The fraction of sp³-hybridized carbons (Fsp3) is 0.455. The van der Waals surface area contributed by atoms with E-state index in [-0.39, 0.29) is 27.7 Å². The van der Waals surface area contributed by atoms with Crippen molar-refractivity contribution in [2.45, 2.75) is 43.7 Å². The molecule has 1 spiro atoms. The molecule has 32 heavy (non-hydrogen) atoms. The number of piperidine rings is 1. The molecule has 6 nitrogen and oxygen atoms in total. The van der Waals surface area contributed by atoms with Crippen molar-refractivity contribution in [3.05, 3.63) is 47.2 Å². The van der Waals surface area contributed by atoms with Crippen molar-refractivity contribution < 1.29 is 22.2 Å². The van der Waals surface area contributed by atoms with E-state index in [1.807, 2.05) is 4.90 Å². The highest BCUT2D eigenvalue weighted by Crippen LogP contribution is 2.54. The largest absolute Gasteiger partial charge is 0.418 e. The average molecular weight is 467 g/mol. The van der Waals surface area contributed by atoms with E-state index in [1.165, 1.54) is 50.3 Å². The number of nitrogens with zero attached hydrogens (tertiary/aromatic N) is 2. The molecule has 0 radical (unpaired) electrons. The molecule has 172 valence electrons. The Morgan fingerprint density at radius 3 is 2.41 bits per heavy atom. The number of aryl methyl sites for hydroxylation is 1. The first-order valence-electron chi connectivity index (χ1n) is 10.4. The standard InChI is InChI=1S/C22H25F3N4O2S/c1-14-18(22(23,24)25)13-17(19(27-14)29-10-8-21(6-7-21)9-11-29)20(30)28-15-4-3-5-16(12-15)32(2,26)31/h3-5,12-13,26H,6-11H2,1-2H3,(H,28,30). The summed E-state index contributed by atoms with van der Waals surface area (Å²) in [6, 6.07) is 6.85. The minimum atomic E-state index is -4.64. The summed E-state index contributed by atoms with van der Waals surface area (Å²) in [7, 11) is -3.01. The van der Waals surface area contributed by atoms with Crippen molar-refractivity contribution >= 4 is 27.1 Å². The van der Waals surface area contributed by atoms with Gasteiger partial charge in [-0.3, -0.25) is 4.79 Å². The maximum Gasteiger partial charge on any atom is 0.418 e. The van der Waals surface area contributed by atoms with Gasteiger partial charge in [0, 0.05) is 29.9 Å². The highest BCUT2D eigenvalue weighted by atomic mass is 32.2. The quantitative estimate of drug-likeness (QED) is 0.658. The Kier molecular flexibility index (Phi) is 5.47. The number of halogens is 3. The molecule has 2 heterocycles. The smallest absolute Gasteiger partial charge is 0.356 e.